The van der Waals surface area contributed by atoms with E-state index in [2.05, 4.69) is 16.0 Å². The van der Waals surface area contributed by atoms with E-state index < -0.39 is 5.92 Å². The van der Waals surface area contributed by atoms with Gasteiger partial charge in [0.25, 0.3) is 0 Å². The number of nitrogens with zero attached hydrogens (tertiary/aromatic N) is 1. The number of likely N-dealkylation sites (tertiary alicyclic amines) is 1. The summed E-state index contributed by atoms with van der Waals surface area (Å²) in [5.74, 6) is -0.610. The molecule has 146 valence electrons. The lowest BCUT2D eigenvalue weighted by Gasteiger charge is -2.17. The minimum Gasteiger partial charge on any atom is -0.341 e. The molecule has 1 heterocycles. The van der Waals surface area contributed by atoms with Crippen LogP contribution in [0.2, 0.25) is 0 Å². The molecule has 28 heavy (non-hydrogen) atoms. The highest BCUT2D eigenvalue weighted by molar-refractivity contribution is 5.98. The molecule has 2 aromatic rings. The summed E-state index contributed by atoms with van der Waals surface area (Å²) in [6.07, 6.45) is 0.202. The van der Waals surface area contributed by atoms with Gasteiger partial charge in [0.1, 0.15) is 0 Å². The van der Waals surface area contributed by atoms with Crippen LogP contribution in [0.4, 0.5) is 16.2 Å². The first kappa shape index (κ1) is 19.4. The molecule has 7 heteroatoms. The number of amides is 4. The van der Waals surface area contributed by atoms with Crippen molar-refractivity contribution in [3.05, 3.63) is 59.7 Å². The predicted molar refractivity (Wildman–Crippen MR) is 108 cm³/mol. The van der Waals surface area contributed by atoms with Gasteiger partial charge in [-0.15, -0.1) is 0 Å². The van der Waals surface area contributed by atoms with Crippen molar-refractivity contribution in [2.45, 2.75) is 19.9 Å². The van der Waals surface area contributed by atoms with Gasteiger partial charge in [0.05, 0.1) is 5.92 Å². The topological polar surface area (TPSA) is 90.5 Å². The van der Waals surface area contributed by atoms with Crippen LogP contribution < -0.4 is 16.0 Å². The fourth-order valence-electron chi connectivity index (χ4n) is 3.13. The average molecular weight is 380 g/mol. The number of hydrogen-bond acceptors (Lipinski definition) is 3. The molecule has 7 nitrogen and oxygen atoms in total. The molecule has 0 spiro atoms. The number of nitrogens with one attached hydrogen (secondary N) is 3. The molecule has 0 aliphatic carbocycles. The van der Waals surface area contributed by atoms with Crippen LogP contribution in [0.1, 0.15) is 17.5 Å². The van der Waals surface area contributed by atoms with Crippen molar-refractivity contribution in [1.82, 2.24) is 10.2 Å². The number of hydrogen-bond donors (Lipinski definition) is 3. The van der Waals surface area contributed by atoms with Crippen LogP contribution in [0, 0.1) is 12.8 Å². The molecule has 3 N–H and O–H groups in total. The highest BCUT2D eigenvalue weighted by Crippen LogP contribution is 2.23. The van der Waals surface area contributed by atoms with E-state index in [-0.39, 0.29) is 24.3 Å². The van der Waals surface area contributed by atoms with Gasteiger partial charge in [-0.1, -0.05) is 35.9 Å². The SMILES string of the molecule is CNC(=O)Nc1cccc(NC(=O)C2CC(=O)N(Cc3ccc(C)cc3)C2)c1. The van der Waals surface area contributed by atoms with Crippen molar-refractivity contribution >= 4 is 29.2 Å². The number of anilines is 2. The highest BCUT2D eigenvalue weighted by atomic mass is 16.2. The Kier molecular flexibility index (Phi) is 5.93. The Morgan fingerprint density at radius 3 is 2.43 bits per heavy atom. The van der Waals surface area contributed by atoms with Crippen LogP contribution in [0.3, 0.4) is 0 Å². The van der Waals surface area contributed by atoms with Crippen LogP contribution in [0.15, 0.2) is 48.5 Å². The first-order valence-electron chi connectivity index (χ1n) is 9.17. The summed E-state index contributed by atoms with van der Waals surface area (Å²) in [6, 6.07) is 14.6. The van der Waals surface area contributed by atoms with Gasteiger partial charge in [0.2, 0.25) is 11.8 Å². The van der Waals surface area contributed by atoms with Gasteiger partial charge < -0.3 is 20.9 Å². The minimum absolute atomic E-state index is 0.0178. The molecule has 1 aliphatic heterocycles. The summed E-state index contributed by atoms with van der Waals surface area (Å²) in [6.45, 7) is 2.92. The van der Waals surface area contributed by atoms with Gasteiger partial charge in [-0.05, 0) is 30.7 Å². The molecular formula is C21H24N4O3. The lowest BCUT2D eigenvalue weighted by Crippen LogP contribution is -2.28. The molecule has 1 atom stereocenters. The molecular weight excluding hydrogens is 356 g/mol. The average Bonchev–Trinajstić information content (AvgIpc) is 3.04. The van der Waals surface area contributed by atoms with Crippen LogP contribution in [0.5, 0.6) is 0 Å². The second-order valence-electron chi connectivity index (χ2n) is 6.94. The number of carbonyl (C=O) groups is 3. The number of rotatable bonds is 5. The smallest absolute Gasteiger partial charge is 0.318 e. The molecule has 0 radical (unpaired) electrons. The Labute approximate surface area is 164 Å². The molecule has 1 unspecified atom stereocenters. The first-order valence-corrected chi connectivity index (χ1v) is 9.17. The maximum Gasteiger partial charge on any atom is 0.318 e. The fourth-order valence-corrected chi connectivity index (χ4v) is 3.13. The standard InChI is InChI=1S/C21H24N4O3/c1-14-6-8-15(9-7-14)12-25-13-16(10-19(25)26)20(27)23-17-4-3-5-18(11-17)24-21(28)22-2/h3-9,11,16H,10,12-13H2,1-2H3,(H,23,27)(H2,22,24,28). The van der Waals surface area contributed by atoms with Crippen molar-refractivity contribution in [2.75, 3.05) is 24.2 Å². The van der Waals surface area contributed by atoms with Gasteiger partial charge in [-0.2, -0.15) is 0 Å². The Balaban J connectivity index is 1.59. The number of aryl methyl sites for hydroxylation is 1. The molecule has 4 amide bonds. The van der Waals surface area contributed by atoms with E-state index in [1.807, 2.05) is 31.2 Å². The van der Waals surface area contributed by atoms with Crippen LogP contribution >= 0.6 is 0 Å². The lowest BCUT2D eigenvalue weighted by atomic mass is 10.1. The van der Waals surface area contributed by atoms with Crippen molar-refractivity contribution in [1.29, 1.82) is 0 Å². The molecule has 2 aromatic carbocycles. The van der Waals surface area contributed by atoms with Gasteiger partial charge in [0, 0.05) is 37.9 Å². The van der Waals surface area contributed by atoms with Crippen LogP contribution in [0.25, 0.3) is 0 Å². The molecule has 0 aromatic heterocycles. The zero-order valence-corrected chi connectivity index (χ0v) is 16.0. The Morgan fingerprint density at radius 2 is 1.75 bits per heavy atom. The monoisotopic (exact) mass is 380 g/mol. The summed E-state index contributed by atoms with van der Waals surface area (Å²) in [4.78, 5) is 38.0. The third-order valence-electron chi connectivity index (χ3n) is 4.69. The summed E-state index contributed by atoms with van der Waals surface area (Å²) in [7, 11) is 1.53. The maximum absolute atomic E-state index is 12.6. The van der Waals surface area contributed by atoms with Crippen LogP contribution in [-0.2, 0) is 16.1 Å². The largest absolute Gasteiger partial charge is 0.341 e. The normalized spacial score (nSPS) is 16.0. The minimum atomic E-state index is -0.395. The van der Waals surface area contributed by atoms with Gasteiger partial charge in [-0.3, -0.25) is 9.59 Å². The number of carbonyl (C=O) groups excluding carboxylic acids is 3. The molecule has 1 saturated heterocycles. The Morgan fingerprint density at radius 1 is 1.07 bits per heavy atom. The van der Waals surface area contributed by atoms with E-state index in [1.165, 1.54) is 12.6 Å². The van der Waals surface area contributed by atoms with Crippen molar-refractivity contribution in [3.63, 3.8) is 0 Å². The van der Waals surface area contributed by atoms with Gasteiger partial charge >= 0.3 is 6.03 Å². The summed E-state index contributed by atoms with van der Waals surface area (Å²) in [5.41, 5.74) is 3.36. The summed E-state index contributed by atoms with van der Waals surface area (Å²) in [5, 5.41) is 7.97. The second kappa shape index (κ2) is 8.56. The lowest BCUT2D eigenvalue weighted by molar-refractivity contribution is -0.128. The number of benzene rings is 2. The maximum atomic E-state index is 12.6. The van der Waals surface area contributed by atoms with E-state index in [1.54, 1.807) is 29.2 Å². The summed E-state index contributed by atoms with van der Waals surface area (Å²) < 4.78 is 0. The first-order chi connectivity index (χ1) is 13.4. The van der Waals surface area contributed by atoms with Gasteiger partial charge in [-0.25, -0.2) is 4.79 Å². The van der Waals surface area contributed by atoms with E-state index in [0.717, 1.165) is 5.56 Å². The molecule has 0 bridgehead atoms. The Hall–Kier alpha value is -3.35. The van der Waals surface area contributed by atoms with E-state index in [0.29, 0.717) is 24.5 Å². The molecule has 3 rings (SSSR count). The third-order valence-corrected chi connectivity index (χ3v) is 4.69. The van der Waals surface area contributed by atoms with E-state index >= 15 is 0 Å². The van der Waals surface area contributed by atoms with Crippen molar-refractivity contribution in [3.8, 4) is 0 Å². The highest BCUT2D eigenvalue weighted by Gasteiger charge is 2.34. The van der Waals surface area contributed by atoms with Gasteiger partial charge in [0.15, 0.2) is 0 Å². The number of urea groups is 1. The van der Waals surface area contributed by atoms with Crippen molar-refractivity contribution in [2.24, 2.45) is 5.92 Å². The second-order valence-corrected chi connectivity index (χ2v) is 6.94. The Bertz CT molecular complexity index is 879. The zero-order chi connectivity index (χ0) is 20.1. The molecule has 1 fully saturated rings. The molecule has 1 aliphatic rings. The van der Waals surface area contributed by atoms with E-state index in [4.69, 9.17) is 0 Å². The van der Waals surface area contributed by atoms with Crippen LogP contribution in [-0.4, -0.2) is 36.3 Å². The fraction of sp³-hybridized carbons (Fsp3) is 0.286. The quantitative estimate of drug-likeness (QED) is 0.745. The summed E-state index contributed by atoms with van der Waals surface area (Å²) >= 11 is 0. The third kappa shape index (κ3) is 4.88. The van der Waals surface area contributed by atoms with Crippen molar-refractivity contribution < 1.29 is 14.4 Å². The molecule has 0 saturated carbocycles. The zero-order valence-electron chi connectivity index (χ0n) is 16.0. The predicted octanol–water partition coefficient (Wildman–Crippen LogP) is 2.73. The van der Waals surface area contributed by atoms with E-state index in [9.17, 15) is 14.4 Å².